The number of carbonyl (C=O) groups is 1. The third-order valence-corrected chi connectivity index (χ3v) is 3.17. The van der Waals surface area contributed by atoms with E-state index in [-0.39, 0.29) is 5.91 Å². The molecular formula is C15H19N3O2. The molecule has 0 saturated heterocycles. The Balaban J connectivity index is 2.24. The van der Waals surface area contributed by atoms with Gasteiger partial charge in [0.15, 0.2) is 0 Å². The Labute approximate surface area is 118 Å². The topological polar surface area (TPSA) is 71.5 Å². The predicted molar refractivity (Wildman–Crippen MR) is 79.7 cm³/mol. The van der Waals surface area contributed by atoms with Crippen molar-refractivity contribution in [3.63, 3.8) is 0 Å². The summed E-state index contributed by atoms with van der Waals surface area (Å²) in [7, 11) is 1.60. The number of nitrogens with zero attached hydrogens (tertiary/aromatic N) is 1. The Bertz CT molecular complexity index is 579. The largest absolute Gasteiger partial charge is 0.467 e. The van der Waals surface area contributed by atoms with E-state index < -0.39 is 0 Å². The Morgan fingerprint density at radius 3 is 2.75 bits per heavy atom. The molecule has 0 fully saturated rings. The van der Waals surface area contributed by atoms with Crippen LogP contribution in [0.25, 0.3) is 0 Å². The molecule has 0 radical (unpaired) electrons. The fourth-order valence-electron chi connectivity index (χ4n) is 2.09. The van der Waals surface area contributed by atoms with Crippen molar-refractivity contribution in [2.75, 3.05) is 24.2 Å². The molecule has 106 valence electrons. The van der Waals surface area contributed by atoms with Crippen LogP contribution in [0.2, 0.25) is 0 Å². The van der Waals surface area contributed by atoms with Crippen LogP contribution in [0.4, 0.5) is 11.4 Å². The minimum absolute atomic E-state index is 0.141. The van der Waals surface area contributed by atoms with Gasteiger partial charge in [0.1, 0.15) is 5.76 Å². The Kier molecular flexibility index (Phi) is 4.30. The quantitative estimate of drug-likeness (QED) is 0.820. The van der Waals surface area contributed by atoms with Gasteiger partial charge in [-0.3, -0.25) is 4.79 Å². The third kappa shape index (κ3) is 2.93. The van der Waals surface area contributed by atoms with Crippen LogP contribution in [0.5, 0.6) is 0 Å². The lowest BCUT2D eigenvalue weighted by molar-refractivity contribution is 0.0963. The lowest BCUT2D eigenvalue weighted by Crippen LogP contribution is -2.23. The van der Waals surface area contributed by atoms with Crippen LogP contribution < -0.4 is 16.0 Å². The highest BCUT2D eigenvalue weighted by molar-refractivity contribution is 5.96. The Morgan fingerprint density at radius 1 is 1.40 bits per heavy atom. The standard InChI is InChI=1S/C15H19N3O2/c1-3-18(10-12-5-4-8-20-12)14-7-6-11(9-13(14)16)15(19)17-2/h4-9H,3,10,16H2,1-2H3,(H,17,19). The number of anilines is 2. The van der Waals surface area contributed by atoms with E-state index >= 15 is 0 Å². The van der Waals surface area contributed by atoms with Crippen molar-refractivity contribution in [2.24, 2.45) is 0 Å². The lowest BCUT2D eigenvalue weighted by Gasteiger charge is -2.23. The minimum Gasteiger partial charge on any atom is -0.467 e. The Hall–Kier alpha value is -2.43. The van der Waals surface area contributed by atoms with Crippen LogP contribution in [0.1, 0.15) is 23.0 Å². The highest BCUT2D eigenvalue weighted by Crippen LogP contribution is 2.26. The third-order valence-electron chi connectivity index (χ3n) is 3.17. The molecule has 0 saturated carbocycles. The fraction of sp³-hybridized carbons (Fsp3) is 0.267. The molecule has 20 heavy (non-hydrogen) atoms. The molecule has 2 aromatic rings. The normalized spacial score (nSPS) is 10.3. The molecule has 3 N–H and O–H groups in total. The number of nitrogen functional groups attached to an aromatic ring is 1. The summed E-state index contributed by atoms with van der Waals surface area (Å²) in [5, 5.41) is 2.58. The van der Waals surface area contributed by atoms with E-state index in [9.17, 15) is 4.79 Å². The van der Waals surface area contributed by atoms with E-state index in [1.54, 1.807) is 25.4 Å². The van der Waals surface area contributed by atoms with E-state index in [4.69, 9.17) is 10.2 Å². The van der Waals surface area contributed by atoms with Crippen LogP contribution in [-0.4, -0.2) is 19.5 Å². The number of rotatable bonds is 5. The van der Waals surface area contributed by atoms with Gasteiger partial charge in [-0.2, -0.15) is 0 Å². The summed E-state index contributed by atoms with van der Waals surface area (Å²) in [6, 6.07) is 9.12. The van der Waals surface area contributed by atoms with Gasteiger partial charge in [-0.05, 0) is 37.3 Å². The summed E-state index contributed by atoms with van der Waals surface area (Å²) < 4.78 is 5.36. The van der Waals surface area contributed by atoms with Crippen LogP contribution in [0.3, 0.4) is 0 Å². The zero-order valence-corrected chi connectivity index (χ0v) is 11.7. The molecule has 1 aromatic heterocycles. The summed E-state index contributed by atoms with van der Waals surface area (Å²) in [6.45, 7) is 3.49. The minimum atomic E-state index is -0.141. The maximum absolute atomic E-state index is 11.6. The van der Waals surface area contributed by atoms with Crippen molar-refractivity contribution in [3.05, 3.63) is 47.9 Å². The van der Waals surface area contributed by atoms with Gasteiger partial charge in [-0.1, -0.05) is 0 Å². The average molecular weight is 273 g/mol. The Morgan fingerprint density at radius 2 is 2.20 bits per heavy atom. The summed E-state index contributed by atoms with van der Waals surface area (Å²) >= 11 is 0. The zero-order valence-electron chi connectivity index (χ0n) is 11.7. The molecule has 0 unspecified atom stereocenters. The van der Waals surface area contributed by atoms with Gasteiger partial charge in [0, 0.05) is 19.2 Å². The number of nitrogens with one attached hydrogen (secondary N) is 1. The molecule has 0 aliphatic carbocycles. The average Bonchev–Trinajstić information content (AvgIpc) is 2.97. The molecule has 2 rings (SSSR count). The number of furan rings is 1. The van der Waals surface area contributed by atoms with Crippen molar-refractivity contribution in [1.82, 2.24) is 5.32 Å². The van der Waals surface area contributed by atoms with Gasteiger partial charge in [0.05, 0.1) is 24.2 Å². The second-order valence-corrected chi connectivity index (χ2v) is 4.45. The SMILES string of the molecule is CCN(Cc1ccco1)c1ccc(C(=O)NC)cc1N. The van der Waals surface area contributed by atoms with E-state index in [0.717, 1.165) is 18.0 Å². The van der Waals surface area contributed by atoms with E-state index in [1.165, 1.54) is 0 Å². The van der Waals surface area contributed by atoms with Crippen molar-refractivity contribution in [3.8, 4) is 0 Å². The molecule has 0 spiro atoms. The van der Waals surface area contributed by atoms with Crippen LogP contribution in [-0.2, 0) is 6.54 Å². The molecule has 0 atom stereocenters. The highest BCUT2D eigenvalue weighted by atomic mass is 16.3. The van der Waals surface area contributed by atoms with E-state index in [0.29, 0.717) is 17.8 Å². The smallest absolute Gasteiger partial charge is 0.251 e. The second-order valence-electron chi connectivity index (χ2n) is 4.45. The zero-order chi connectivity index (χ0) is 14.5. The molecule has 1 aromatic carbocycles. The number of nitrogens with two attached hydrogens (primary N) is 1. The van der Waals surface area contributed by atoms with Gasteiger partial charge in [0.25, 0.3) is 5.91 Å². The molecule has 0 bridgehead atoms. The lowest BCUT2D eigenvalue weighted by atomic mass is 10.1. The molecular weight excluding hydrogens is 254 g/mol. The number of hydrogen-bond donors (Lipinski definition) is 2. The maximum Gasteiger partial charge on any atom is 0.251 e. The van der Waals surface area contributed by atoms with Crippen molar-refractivity contribution in [1.29, 1.82) is 0 Å². The van der Waals surface area contributed by atoms with Gasteiger partial charge in [-0.25, -0.2) is 0 Å². The maximum atomic E-state index is 11.6. The van der Waals surface area contributed by atoms with Crippen molar-refractivity contribution >= 4 is 17.3 Å². The molecule has 0 aliphatic rings. The summed E-state index contributed by atoms with van der Waals surface area (Å²) in [4.78, 5) is 13.7. The predicted octanol–water partition coefficient (Wildman–Crippen LogP) is 2.25. The summed E-state index contributed by atoms with van der Waals surface area (Å²) in [5.74, 6) is 0.735. The summed E-state index contributed by atoms with van der Waals surface area (Å²) in [6.07, 6.45) is 1.65. The van der Waals surface area contributed by atoms with E-state index in [1.807, 2.05) is 18.2 Å². The first-order valence-corrected chi connectivity index (χ1v) is 6.54. The van der Waals surface area contributed by atoms with Gasteiger partial charge < -0.3 is 20.4 Å². The van der Waals surface area contributed by atoms with E-state index in [2.05, 4.69) is 17.1 Å². The van der Waals surface area contributed by atoms with Crippen LogP contribution >= 0.6 is 0 Å². The first-order valence-electron chi connectivity index (χ1n) is 6.54. The second kappa shape index (κ2) is 6.14. The number of carbonyl (C=O) groups excluding carboxylic acids is 1. The van der Waals surface area contributed by atoms with Crippen molar-refractivity contribution < 1.29 is 9.21 Å². The molecule has 1 amide bonds. The van der Waals surface area contributed by atoms with Gasteiger partial charge in [-0.15, -0.1) is 0 Å². The first kappa shape index (κ1) is 14.0. The van der Waals surface area contributed by atoms with Gasteiger partial charge >= 0.3 is 0 Å². The first-order chi connectivity index (χ1) is 9.65. The highest BCUT2D eigenvalue weighted by Gasteiger charge is 2.12. The molecule has 5 nitrogen and oxygen atoms in total. The summed E-state index contributed by atoms with van der Waals surface area (Å²) in [5.41, 5.74) is 8.11. The molecule has 0 aliphatic heterocycles. The number of hydrogen-bond acceptors (Lipinski definition) is 4. The van der Waals surface area contributed by atoms with Crippen molar-refractivity contribution in [2.45, 2.75) is 13.5 Å². The molecule has 5 heteroatoms. The monoisotopic (exact) mass is 273 g/mol. The van der Waals surface area contributed by atoms with Crippen LogP contribution in [0, 0.1) is 0 Å². The molecule has 1 heterocycles. The number of benzene rings is 1. The van der Waals surface area contributed by atoms with Gasteiger partial charge in [0.2, 0.25) is 0 Å². The number of amides is 1. The van der Waals surface area contributed by atoms with Crippen LogP contribution in [0.15, 0.2) is 41.0 Å². The fourth-order valence-corrected chi connectivity index (χ4v) is 2.09.